The summed E-state index contributed by atoms with van der Waals surface area (Å²) in [4.78, 5) is 7.90. The molecule has 1 rings (SSSR count). The van der Waals surface area contributed by atoms with Crippen molar-refractivity contribution < 1.29 is 5.11 Å². The predicted octanol–water partition coefficient (Wildman–Crippen LogP) is 1.87. The largest absolute Gasteiger partial charge is 0.386 e. The normalized spacial score (nSPS) is 12.5. The van der Waals surface area contributed by atoms with Gasteiger partial charge in [0, 0.05) is 12.4 Å². The van der Waals surface area contributed by atoms with Crippen LogP contribution in [0.5, 0.6) is 0 Å². The van der Waals surface area contributed by atoms with E-state index < -0.39 is 6.10 Å². The second-order valence-electron chi connectivity index (χ2n) is 2.95. The van der Waals surface area contributed by atoms with Crippen LogP contribution in [0.1, 0.15) is 31.6 Å². The maximum absolute atomic E-state index is 9.66. The summed E-state index contributed by atoms with van der Waals surface area (Å²) in [5, 5.41) is 9.66. The molecule has 3 heteroatoms. The maximum atomic E-state index is 9.66. The van der Waals surface area contributed by atoms with Crippen LogP contribution >= 0.6 is 0 Å². The molecule has 0 aliphatic rings. The van der Waals surface area contributed by atoms with Gasteiger partial charge in [0.15, 0.2) is 0 Å². The van der Waals surface area contributed by atoms with Gasteiger partial charge in [-0.25, -0.2) is 0 Å². The molecular weight excluding hydrogens is 164 g/mol. The Hall–Kier alpha value is -1.22. The van der Waals surface area contributed by atoms with E-state index in [-0.39, 0.29) is 0 Å². The highest BCUT2D eigenvalue weighted by molar-refractivity contribution is 5.05. The molecule has 0 saturated heterocycles. The third-order valence-electron chi connectivity index (χ3n) is 1.91. The van der Waals surface area contributed by atoms with Crippen LogP contribution in [0.2, 0.25) is 0 Å². The van der Waals surface area contributed by atoms with Crippen molar-refractivity contribution in [3.05, 3.63) is 36.4 Å². The molecule has 0 aromatic carbocycles. The van der Waals surface area contributed by atoms with E-state index in [0.29, 0.717) is 12.1 Å². The van der Waals surface area contributed by atoms with Crippen molar-refractivity contribution in [1.29, 1.82) is 0 Å². The fraction of sp³-hybridized carbons (Fsp3) is 0.400. The van der Waals surface area contributed by atoms with Crippen molar-refractivity contribution in [2.75, 3.05) is 0 Å². The molecule has 0 aliphatic heterocycles. The van der Waals surface area contributed by atoms with Gasteiger partial charge in [-0.2, -0.15) is 0 Å². The number of aliphatic hydroxyl groups is 1. The molecule has 70 valence electrons. The van der Waals surface area contributed by atoms with Crippen molar-refractivity contribution in [3.63, 3.8) is 0 Å². The summed E-state index contributed by atoms with van der Waals surface area (Å²) in [6.07, 6.45) is 5.62. The third-order valence-corrected chi connectivity index (χ3v) is 1.91. The van der Waals surface area contributed by atoms with Crippen LogP contribution in [-0.2, 0) is 0 Å². The minimum atomic E-state index is -0.568. The average molecular weight is 178 g/mol. The van der Waals surface area contributed by atoms with Crippen LogP contribution in [0.25, 0.3) is 0 Å². The maximum Gasteiger partial charge on any atom is 0.101 e. The number of aliphatic hydroxyl groups excluding tert-OH is 1. The SMILES string of the molecule is C=C(CC)CC(O)c1cnccn1. The molecule has 0 fully saturated rings. The highest BCUT2D eigenvalue weighted by Gasteiger charge is 2.09. The molecule has 1 aromatic rings. The van der Waals surface area contributed by atoms with Gasteiger partial charge in [-0.05, 0) is 12.8 Å². The molecule has 0 radical (unpaired) electrons. The summed E-state index contributed by atoms with van der Waals surface area (Å²) >= 11 is 0. The van der Waals surface area contributed by atoms with Crippen LogP contribution < -0.4 is 0 Å². The highest BCUT2D eigenvalue weighted by Crippen LogP contribution is 2.18. The van der Waals surface area contributed by atoms with Gasteiger partial charge in [-0.15, -0.1) is 0 Å². The topological polar surface area (TPSA) is 46.0 Å². The number of nitrogens with zero attached hydrogens (tertiary/aromatic N) is 2. The molecular formula is C10H14N2O. The quantitative estimate of drug-likeness (QED) is 0.716. The molecule has 1 atom stereocenters. The van der Waals surface area contributed by atoms with Gasteiger partial charge in [-0.3, -0.25) is 9.97 Å². The zero-order valence-electron chi connectivity index (χ0n) is 7.77. The Morgan fingerprint density at radius 1 is 1.62 bits per heavy atom. The Labute approximate surface area is 78.2 Å². The number of hydrogen-bond acceptors (Lipinski definition) is 3. The van der Waals surface area contributed by atoms with E-state index in [1.54, 1.807) is 18.6 Å². The van der Waals surface area contributed by atoms with E-state index in [9.17, 15) is 5.11 Å². The van der Waals surface area contributed by atoms with Crippen LogP contribution in [0.3, 0.4) is 0 Å². The number of aromatic nitrogens is 2. The van der Waals surface area contributed by atoms with Crippen molar-refractivity contribution in [2.45, 2.75) is 25.9 Å². The fourth-order valence-corrected chi connectivity index (χ4v) is 1.01. The number of rotatable bonds is 4. The fourth-order valence-electron chi connectivity index (χ4n) is 1.01. The van der Waals surface area contributed by atoms with Crippen molar-refractivity contribution >= 4 is 0 Å². The Morgan fingerprint density at radius 3 is 2.92 bits per heavy atom. The monoisotopic (exact) mass is 178 g/mol. The van der Waals surface area contributed by atoms with Crippen molar-refractivity contribution in [2.24, 2.45) is 0 Å². The first-order chi connectivity index (χ1) is 6.24. The summed E-state index contributed by atoms with van der Waals surface area (Å²) < 4.78 is 0. The lowest BCUT2D eigenvalue weighted by molar-refractivity contribution is 0.172. The molecule has 0 amide bonds. The third kappa shape index (κ3) is 2.95. The number of hydrogen-bond donors (Lipinski definition) is 1. The minimum absolute atomic E-state index is 0.565. The molecule has 0 bridgehead atoms. The van der Waals surface area contributed by atoms with Crippen LogP contribution in [0.15, 0.2) is 30.7 Å². The van der Waals surface area contributed by atoms with E-state index >= 15 is 0 Å². The van der Waals surface area contributed by atoms with Crippen LogP contribution in [0.4, 0.5) is 0 Å². The van der Waals surface area contributed by atoms with E-state index in [2.05, 4.69) is 16.5 Å². The Kier molecular flexibility index (Phi) is 3.58. The Morgan fingerprint density at radius 2 is 2.38 bits per heavy atom. The smallest absolute Gasteiger partial charge is 0.101 e. The standard InChI is InChI=1S/C10H14N2O/c1-3-8(2)6-10(13)9-7-11-4-5-12-9/h4-5,7,10,13H,2-3,6H2,1H3. The molecule has 1 aromatic heterocycles. The zero-order chi connectivity index (χ0) is 9.68. The van der Waals surface area contributed by atoms with Gasteiger partial charge in [0.05, 0.1) is 11.9 Å². The molecule has 1 heterocycles. The van der Waals surface area contributed by atoms with Crippen LogP contribution in [-0.4, -0.2) is 15.1 Å². The molecule has 1 unspecified atom stereocenters. The second-order valence-corrected chi connectivity index (χ2v) is 2.95. The molecule has 0 saturated carbocycles. The van der Waals surface area contributed by atoms with Gasteiger partial charge in [0.25, 0.3) is 0 Å². The summed E-state index contributed by atoms with van der Waals surface area (Å²) in [7, 11) is 0. The highest BCUT2D eigenvalue weighted by atomic mass is 16.3. The minimum Gasteiger partial charge on any atom is -0.386 e. The molecule has 0 aliphatic carbocycles. The summed E-state index contributed by atoms with van der Waals surface area (Å²) in [5.41, 5.74) is 1.63. The average Bonchev–Trinajstić information content (AvgIpc) is 2.19. The molecule has 1 N–H and O–H groups in total. The summed E-state index contributed by atoms with van der Waals surface area (Å²) in [6.45, 7) is 5.85. The van der Waals surface area contributed by atoms with Gasteiger partial charge in [0.2, 0.25) is 0 Å². The Bertz CT molecular complexity index is 272. The van der Waals surface area contributed by atoms with Gasteiger partial charge < -0.3 is 5.11 Å². The van der Waals surface area contributed by atoms with Crippen molar-refractivity contribution in [1.82, 2.24) is 9.97 Å². The van der Waals surface area contributed by atoms with Gasteiger partial charge in [0.1, 0.15) is 6.10 Å². The zero-order valence-corrected chi connectivity index (χ0v) is 7.77. The van der Waals surface area contributed by atoms with Gasteiger partial charge in [-0.1, -0.05) is 19.1 Å². The summed E-state index contributed by atoms with van der Waals surface area (Å²) in [5.74, 6) is 0. The first-order valence-corrected chi connectivity index (χ1v) is 4.34. The lowest BCUT2D eigenvalue weighted by Gasteiger charge is -2.09. The lowest BCUT2D eigenvalue weighted by atomic mass is 10.1. The van der Waals surface area contributed by atoms with E-state index in [1.807, 2.05) is 6.92 Å². The second kappa shape index (κ2) is 4.72. The van der Waals surface area contributed by atoms with E-state index in [4.69, 9.17) is 0 Å². The summed E-state index contributed by atoms with van der Waals surface area (Å²) in [6, 6.07) is 0. The molecule has 13 heavy (non-hydrogen) atoms. The van der Waals surface area contributed by atoms with E-state index in [1.165, 1.54) is 0 Å². The van der Waals surface area contributed by atoms with Crippen LogP contribution in [0, 0.1) is 0 Å². The lowest BCUT2D eigenvalue weighted by Crippen LogP contribution is -2.01. The first-order valence-electron chi connectivity index (χ1n) is 4.34. The first kappa shape index (κ1) is 9.86. The van der Waals surface area contributed by atoms with Crippen molar-refractivity contribution in [3.8, 4) is 0 Å². The molecule has 3 nitrogen and oxygen atoms in total. The predicted molar refractivity (Wildman–Crippen MR) is 51.0 cm³/mol. The Balaban J connectivity index is 2.59. The molecule has 0 spiro atoms. The van der Waals surface area contributed by atoms with E-state index in [0.717, 1.165) is 12.0 Å². The van der Waals surface area contributed by atoms with Gasteiger partial charge >= 0.3 is 0 Å².